The highest BCUT2D eigenvalue weighted by Crippen LogP contribution is 2.51. The van der Waals surface area contributed by atoms with Crippen LogP contribution in [0, 0.1) is 0 Å². The summed E-state index contributed by atoms with van der Waals surface area (Å²) < 4.78 is 15.3. The van der Waals surface area contributed by atoms with Crippen LogP contribution >= 0.6 is 0 Å². The number of esters is 1. The SMILES string of the molecule is BC1(O)Oc2ccc(C3(C(=O)OC)CC3)cc2O1. The quantitative estimate of drug-likeness (QED) is 0.584. The first-order valence-corrected chi connectivity index (χ1v) is 5.80. The van der Waals surface area contributed by atoms with E-state index in [2.05, 4.69) is 0 Å². The molecule has 1 aromatic rings. The van der Waals surface area contributed by atoms with Gasteiger partial charge >= 0.3 is 11.8 Å². The van der Waals surface area contributed by atoms with Crippen LogP contribution in [0.4, 0.5) is 0 Å². The van der Waals surface area contributed by atoms with Crippen molar-refractivity contribution >= 4 is 13.8 Å². The van der Waals surface area contributed by atoms with Gasteiger partial charge < -0.3 is 19.3 Å². The summed E-state index contributed by atoms with van der Waals surface area (Å²) in [5.41, 5.74) is 0.302. The average Bonchev–Trinajstić information content (AvgIpc) is 3.05. The number of hydrogen-bond donors (Lipinski definition) is 1. The molecule has 1 heterocycles. The minimum absolute atomic E-state index is 0.229. The molecule has 1 saturated carbocycles. The van der Waals surface area contributed by atoms with Gasteiger partial charge in [-0.3, -0.25) is 4.79 Å². The Labute approximate surface area is 105 Å². The van der Waals surface area contributed by atoms with Crippen LogP contribution in [-0.2, 0) is 14.9 Å². The molecule has 0 radical (unpaired) electrons. The molecule has 1 atom stereocenters. The third-order valence-electron chi connectivity index (χ3n) is 3.42. The highest BCUT2D eigenvalue weighted by Gasteiger charge is 2.53. The Morgan fingerprint density at radius 2 is 2.06 bits per heavy atom. The van der Waals surface area contributed by atoms with E-state index in [0.29, 0.717) is 11.5 Å². The molecule has 2 aliphatic rings. The van der Waals surface area contributed by atoms with Gasteiger partial charge in [-0.25, -0.2) is 0 Å². The average molecular weight is 248 g/mol. The second kappa shape index (κ2) is 3.41. The number of aliphatic hydroxyl groups is 1. The normalized spacial score (nSPS) is 26.8. The highest BCUT2D eigenvalue weighted by molar-refractivity contribution is 6.12. The minimum Gasteiger partial charge on any atom is -0.468 e. The molecule has 5 nitrogen and oxygen atoms in total. The van der Waals surface area contributed by atoms with Gasteiger partial charge in [0.1, 0.15) is 0 Å². The Bertz CT molecular complexity index is 521. The second-order valence-electron chi connectivity index (χ2n) is 4.84. The van der Waals surface area contributed by atoms with Gasteiger partial charge in [-0.2, -0.15) is 0 Å². The van der Waals surface area contributed by atoms with E-state index >= 15 is 0 Å². The smallest absolute Gasteiger partial charge is 0.316 e. The van der Waals surface area contributed by atoms with Gasteiger partial charge in [0, 0.05) is 0 Å². The summed E-state index contributed by atoms with van der Waals surface area (Å²) >= 11 is 0. The lowest BCUT2D eigenvalue weighted by atomic mass is 9.96. The standard InChI is InChI=1S/C12H13BO5/c1-16-10(14)11(4-5-11)7-2-3-8-9(6-7)18-12(13,15)17-8/h2-3,6,15H,4-5,13H2,1H3. The number of fused-ring (bicyclic) bond motifs is 1. The molecular weight excluding hydrogens is 235 g/mol. The van der Waals surface area contributed by atoms with Gasteiger partial charge in [0.2, 0.25) is 0 Å². The molecule has 1 unspecified atom stereocenters. The number of hydrogen-bond acceptors (Lipinski definition) is 5. The first kappa shape index (κ1) is 11.4. The zero-order chi connectivity index (χ0) is 13.0. The fraction of sp³-hybridized carbons (Fsp3) is 0.417. The van der Waals surface area contributed by atoms with Crippen molar-refractivity contribution in [3.05, 3.63) is 23.8 Å². The summed E-state index contributed by atoms with van der Waals surface area (Å²) in [6, 6.07) is 5.25. The molecule has 0 aromatic heterocycles. The predicted molar refractivity (Wildman–Crippen MR) is 64.1 cm³/mol. The van der Waals surface area contributed by atoms with Crippen LogP contribution in [0.5, 0.6) is 11.5 Å². The Morgan fingerprint density at radius 3 is 2.67 bits per heavy atom. The first-order chi connectivity index (χ1) is 8.47. The Balaban J connectivity index is 1.96. The summed E-state index contributed by atoms with van der Waals surface area (Å²) in [4.78, 5) is 11.8. The fourth-order valence-corrected chi connectivity index (χ4v) is 2.33. The fourth-order valence-electron chi connectivity index (χ4n) is 2.33. The van der Waals surface area contributed by atoms with E-state index in [1.807, 2.05) is 6.07 Å². The van der Waals surface area contributed by atoms with Crippen LogP contribution in [0.3, 0.4) is 0 Å². The summed E-state index contributed by atoms with van der Waals surface area (Å²) in [5, 5.41) is 9.64. The van der Waals surface area contributed by atoms with Crippen LogP contribution in [0.1, 0.15) is 18.4 Å². The number of benzene rings is 1. The summed E-state index contributed by atoms with van der Waals surface area (Å²) in [6.07, 6.45) is 1.55. The maximum absolute atomic E-state index is 11.8. The largest absolute Gasteiger partial charge is 0.468 e. The van der Waals surface area contributed by atoms with E-state index in [1.165, 1.54) is 15.0 Å². The van der Waals surface area contributed by atoms with Crippen molar-refractivity contribution in [2.75, 3.05) is 7.11 Å². The molecule has 0 amide bonds. The Kier molecular flexibility index (Phi) is 2.16. The maximum atomic E-state index is 11.8. The van der Waals surface area contributed by atoms with Crippen molar-refractivity contribution in [3.63, 3.8) is 0 Å². The van der Waals surface area contributed by atoms with Gasteiger partial charge in [0.05, 0.1) is 12.5 Å². The topological polar surface area (TPSA) is 65.0 Å². The zero-order valence-corrected chi connectivity index (χ0v) is 10.2. The lowest BCUT2D eigenvalue weighted by Crippen LogP contribution is -2.38. The van der Waals surface area contributed by atoms with Crippen LogP contribution in [-0.4, -0.2) is 31.9 Å². The third-order valence-corrected chi connectivity index (χ3v) is 3.42. The molecule has 0 bridgehead atoms. The lowest BCUT2D eigenvalue weighted by Gasteiger charge is -2.15. The Morgan fingerprint density at radius 1 is 1.39 bits per heavy atom. The van der Waals surface area contributed by atoms with Crippen LogP contribution < -0.4 is 9.47 Å². The molecule has 1 aliphatic heterocycles. The van der Waals surface area contributed by atoms with Gasteiger partial charge in [-0.05, 0) is 30.5 Å². The van der Waals surface area contributed by atoms with Gasteiger partial charge in [-0.15, -0.1) is 0 Å². The molecule has 18 heavy (non-hydrogen) atoms. The molecular formula is C12H13BO5. The van der Waals surface area contributed by atoms with Crippen LogP contribution in [0.25, 0.3) is 0 Å². The number of carbonyl (C=O) groups excluding carboxylic acids is 1. The third kappa shape index (κ3) is 1.56. The van der Waals surface area contributed by atoms with Gasteiger partial charge in [0.25, 0.3) is 7.85 Å². The molecule has 0 saturated heterocycles. The number of carbonyl (C=O) groups is 1. The van der Waals surface area contributed by atoms with Crippen molar-refractivity contribution in [3.8, 4) is 11.5 Å². The highest BCUT2D eigenvalue weighted by atomic mass is 16.8. The summed E-state index contributed by atoms with van der Waals surface area (Å²) in [5.74, 6) is -0.937. The molecule has 1 N–H and O–H groups in total. The maximum Gasteiger partial charge on any atom is 0.316 e. The lowest BCUT2D eigenvalue weighted by molar-refractivity contribution is -0.178. The number of ether oxygens (including phenoxy) is 3. The van der Waals surface area contributed by atoms with E-state index in [9.17, 15) is 9.90 Å². The zero-order valence-electron chi connectivity index (χ0n) is 10.2. The van der Waals surface area contributed by atoms with E-state index in [4.69, 9.17) is 14.2 Å². The summed E-state index contributed by atoms with van der Waals surface area (Å²) in [7, 11) is 2.81. The molecule has 94 valence electrons. The minimum atomic E-state index is -1.64. The number of rotatable bonds is 2. The van der Waals surface area contributed by atoms with Crippen molar-refractivity contribution < 1.29 is 24.1 Å². The Hall–Kier alpha value is -1.69. The van der Waals surface area contributed by atoms with E-state index in [1.54, 1.807) is 12.1 Å². The van der Waals surface area contributed by atoms with E-state index < -0.39 is 11.3 Å². The van der Waals surface area contributed by atoms with E-state index in [0.717, 1.165) is 18.4 Å². The molecule has 6 heteroatoms. The van der Waals surface area contributed by atoms with E-state index in [-0.39, 0.29) is 5.97 Å². The van der Waals surface area contributed by atoms with Crippen molar-refractivity contribution in [1.29, 1.82) is 0 Å². The van der Waals surface area contributed by atoms with Crippen molar-refractivity contribution in [2.45, 2.75) is 24.1 Å². The van der Waals surface area contributed by atoms with Gasteiger partial charge in [0.15, 0.2) is 11.5 Å². The molecule has 1 fully saturated rings. The second-order valence-corrected chi connectivity index (χ2v) is 4.84. The first-order valence-electron chi connectivity index (χ1n) is 5.80. The summed E-state index contributed by atoms with van der Waals surface area (Å²) in [6.45, 7) is 0. The molecule has 3 rings (SSSR count). The van der Waals surface area contributed by atoms with Gasteiger partial charge in [-0.1, -0.05) is 6.07 Å². The molecule has 1 aromatic carbocycles. The van der Waals surface area contributed by atoms with Crippen molar-refractivity contribution in [2.24, 2.45) is 0 Å². The van der Waals surface area contributed by atoms with Crippen LogP contribution in [0.2, 0.25) is 0 Å². The van der Waals surface area contributed by atoms with Crippen molar-refractivity contribution in [1.82, 2.24) is 0 Å². The number of methoxy groups -OCH3 is 1. The monoisotopic (exact) mass is 248 g/mol. The predicted octanol–water partition coefficient (Wildman–Crippen LogP) is -0.101. The van der Waals surface area contributed by atoms with Crippen LogP contribution in [0.15, 0.2) is 18.2 Å². The molecule has 0 spiro atoms. The molecule has 1 aliphatic carbocycles.